The Morgan fingerprint density at radius 1 is 1.15 bits per heavy atom. The number of hydrogen-bond acceptors (Lipinski definition) is 2. The van der Waals surface area contributed by atoms with E-state index in [4.69, 9.17) is 17.3 Å². The van der Waals surface area contributed by atoms with Crippen molar-refractivity contribution in [2.45, 2.75) is 6.42 Å². The SMILES string of the molecule is Nc1cc(NC(=O)Cc2ccc(F)c(F)c2)ccc1Cl. The molecule has 0 aromatic heterocycles. The normalized spacial score (nSPS) is 10.3. The highest BCUT2D eigenvalue weighted by molar-refractivity contribution is 6.33. The second-order valence-corrected chi connectivity index (χ2v) is 4.62. The molecule has 0 bridgehead atoms. The van der Waals surface area contributed by atoms with Gasteiger partial charge in [-0.2, -0.15) is 0 Å². The van der Waals surface area contributed by atoms with Gasteiger partial charge < -0.3 is 11.1 Å². The van der Waals surface area contributed by atoms with Crippen LogP contribution >= 0.6 is 11.6 Å². The lowest BCUT2D eigenvalue weighted by Gasteiger charge is -2.07. The first-order chi connectivity index (χ1) is 9.45. The lowest BCUT2D eigenvalue weighted by atomic mass is 10.1. The van der Waals surface area contributed by atoms with E-state index in [9.17, 15) is 13.6 Å². The molecule has 0 aliphatic rings. The van der Waals surface area contributed by atoms with Crippen LogP contribution < -0.4 is 11.1 Å². The summed E-state index contributed by atoms with van der Waals surface area (Å²) in [5, 5.41) is 2.99. The Kier molecular flexibility index (Phi) is 4.20. The molecule has 2 aromatic rings. The molecule has 0 saturated heterocycles. The number of nitrogen functional groups attached to an aromatic ring is 1. The first kappa shape index (κ1) is 14.3. The van der Waals surface area contributed by atoms with Gasteiger partial charge in [-0.05, 0) is 35.9 Å². The number of benzene rings is 2. The lowest BCUT2D eigenvalue weighted by Crippen LogP contribution is -2.14. The van der Waals surface area contributed by atoms with E-state index < -0.39 is 11.6 Å². The molecular weight excluding hydrogens is 286 g/mol. The van der Waals surface area contributed by atoms with E-state index in [1.807, 2.05) is 0 Å². The summed E-state index contributed by atoms with van der Waals surface area (Å²) in [4.78, 5) is 11.8. The van der Waals surface area contributed by atoms with Gasteiger partial charge in [-0.3, -0.25) is 4.79 Å². The third-order valence-corrected chi connectivity index (χ3v) is 2.97. The van der Waals surface area contributed by atoms with Crippen LogP contribution in [-0.4, -0.2) is 5.91 Å². The minimum absolute atomic E-state index is 0.0697. The van der Waals surface area contributed by atoms with Crippen LogP contribution in [0.1, 0.15) is 5.56 Å². The molecule has 0 saturated carbocycles. The predicted molar refractivity (Wildman–Crippen MR) is 74.6 cm³/mol. The van der Waals surface area contributed by atoms with E-state index in [2.05, 4.69) is 5.32 Å². The molecule has 3 N–H and O–H groups in total. The molecule has 0 aliphatic carbocycles. The fourth-order valence-corrected chi connectivity index (χ4v) is 1.78. The van der Waals surface area contributed by atoms with Gasteiger partial charge in [0.1, 0.15) is 0 Å². The molecule has 0 fully saturated rings. The predicted octanol–water partition coefficient (Wildman–Crippen LogP) is 3.38. The summed E-state index contributed by atoms with van der Waals surface area (Å²) in [7, 11) is 0. The number of anilines is 2. The minimum atomic E-state index is -0.981. The molecule has 2 aromatic carbocycles. The average Bonchev–Trinajstić information content (AvgIpc) is 2.38. The molecule has 20 heavy (non-hydrogen) atoms. The number of carbonyl (C=O) groups is 1. The van der Waals surface area contributed by atoms with Crippen LogP contribution in [0.5, 0.6) is 0 Å². The minimum Gasteiger partial charge on any atom is -0.397 e. The molecule has 0 spiro atoms. The maximum absolute atomic E-state index is 13.0. The molecule has 3 nitrogen and oxygen atoms in total. The van der Waals surface area contributed by atoms with Gasteiger partial charge in [0.2, 0.25) is 5.91 Å². The summed E-state index contributed by atoms with van der Waals surface area (Å²) in [6, 6.07) is 8.01. The summed E-state index contributed by atoms with van der Waals surface area (Å²) >= 11 is 5.76. The highest BCUT2D eigenvalue weighted by Gasteiger charge is 2.08. The van der Waals surface area contributed by atoms with E-state index in [1.54, 1.807) is 12.1 Å². The lowest BCUT2D eigenvalue weighted by molar-refractivity contribution is -0.115. The van der Waals surface area contributed by atoms with Gasteiger partial charge in [0.15, 0.2) is 11.6 Å². The molecule has 6 heteroatoms. The van der Waals surface area contributed by atoms with E-state index in [1.165, 1.54) is 12.1 Å². The van der Waals surface area contributed by atoms with E-state index in [0.717, 1.165) is 12.1 Å². The van der Waals surface area contributed by atoms with Gasteiger partial charge in [0, 0.05) is 5.69 Å². The van der Waals surface area contributed by atoms with Crippen molar-refractivity contribution in [3.8, 4) is 0 Å². The van der Waals surface area contributed by atoms with E-state index in [0.29, 0.717) is 22.0 Å². The smallest absolute Gasteiger partial charge is 0.228 e. The number of nitrogens with one attached hydrogen (secondary N) is 1. The van der Waals surface area contributed by atoms with Gasteiger partial charge in [0.05, 0.1) is 17.1 Å². The zero-order valence-electron chi connectivity index (χ0n) is 10.3. The summed E-state index contributed by atoms with van der Waals surface area (Å²) in [6.45, 7) is 0. The molecular formula is C14H11ClF2N2O. The van der Waals surface area contributed by atoms with Crippen molar-refractivity contribution in [1.29, 1.82) is 0 Å². The molecule has 0 radical (unpaired) electrons. The van der Waals surface area contributed by atoms with Crippen molar-refractivity contribution in [2.24, 2.45) is 0 Å². The standard InChI is InChI=1S/C14H11ClF2N2O/c15-10-3-2-9(7-13(10)18)19-14(20)6-8-1-4-11(16)12(17)5-8/h1-5,7H,6,18H2,(H,19,20). The van der Waals surface area contributed by atoms with Crippen molar-refractivity contribution in [3.63, 3.8) is 0 Å². The summed E-state index contributed by atoms with van der Waals surface area (Å²) in [5.41, 5.74) is 6.82. The quantitative estimate of drug-likeness (QED) is 0.853. The fraction of sp³-hybridized carbons (Fsp3) is 0.0714. The van der Waals surface area contributed by atoms with Crippen LogP contribution in [0.3, 0.4) is 0 Å². The van der Waals surface area contributed by atoms with Crippen LogP contribution in [0, 0.1) is 11.6 Å². The Labute approximate surface area is 119 Å². The van der Waals surface area contributed by atoms with Crippen molar-refractivity contribution >= 4 is 28.9 Å². The van der Waals surface area contributed by atoms with Crippen LogP contribution in [0.25, 0.3) is 0 Å². The van der Waals surface area contributed by atoms with Crippen LogP contribution in [-0.2, 0) is 11.2 Å². The molecule has 0 aliphatic heterocycles. The summed E-state index contributed by atoms with van der Waals surface area (Å²) < 4.78 is 25.8. The molecule has 1 amide bonds. The summed E-state index contributed by atoms with van der Waals surface area (Å²) in [6.07, 6.45) is -0.0697. The van der Waals surface area contributed by atoms with Crippen molar-refractivity contribution in [1.82, 2.24) is 0 Å². The van der Waals surface area contributed by atoms with Gasteiger partial charge in [0.25, 0.3) is 0 Å². The fourth-order valence-electron chi connectivity index (χ4n) is 1.66. The van der Waals surface area contributed by atoms with Crippen LogP contribution in [0.2, 0.25) is 5.02 Å². The number of carbonyl (C=O) groups excluding carboxylic acids is 1. The highest BCUT2D eigenvalue weighted by atomic mass is 35.5. The largest absolute Gasteiger partial charge is 0.397 e. The third-order valence-electron chi connectivity index (χ3n) is 2.63. The van der Waals surface area contributed by atoms with Gasteiger partial charge in [-0.1, -0.05) is 17.7 Å². The Hall–Kier alpha value is -2.14. The zero-order chi connectivity index (χ0) is 14.7. The molecule has 0 unspecified atom stereocenters. The second-order valence-electron chi connectivity index (χ2n) is 4.21. The number of amides is 1. The average molecular weight is 297 g/mol. The first-order valence-electron chi connectivity index (χ1n) is 5.74. The Morgan fingerprint density at radius 3 is 2.55 bits per heavy atom. The first-order valence-corrected chi connectivity index (χ1v) is 6.12. The molecule has 0 atom stereocenters. The van der Waals surface area contributed by atoms with Crippen molar-refractivity contribution < 1.29 is 13.6 Å². The number of nitrogens with two attached hydrogens (primary N) is 1. The highest BCUT2D eigenvalue weighted by Crippen LogP contribution is 2.22. The van der Waals surface area contributed by atoms with Crippen molar-refractivity contribution in [2.75, 3.05) is 11.1 Å². The van der Waals surface area contributed by atoms with E-state index in [-0.39, 0.29) is 12.3 Å². The number of hydrogen-bond donors (Lipinski definition) is 2. The summed E-state index contributed by atoms with van der Waals surface area (Å²) in [5.74, 6) is -2.29. The molecule has 0 heterocycles. The van der Waals surface area contributed by atoms with Crippen molar-refractivity contribution in [3.05, 3.63) is 58.6 Å². The monoisotopic (exact) mass is 296 g/mol. The third kappa shape index (κ3) is 3.45. The van der Waals surface area contributed by atoms with Gasteiger partial charge in [-0.15, -0.1) is 0 Å². The van der Waals surface area contributed by atoms with E-state index >= 15 is 0 Å². The Morgan fingerprint density at radius 2 is 1.90 bits per heavy atom. The maximum atomic E-state index is 13.0. The number of halogens is 3. The zero-order valence-corrected chi connectivity index (χ0v) is 11.0. The molecule has 2 rings (SSSR count). The maximum Gasteiger partial charge on any atom is 0.228 e. The van der Waals surface area contributed by atoms with Gasteiger partial charge in [-0.25, -0.2) is 8.78 Å². The van der Waals surface area contributed by atoms with Crippen LogP contribution in [0.4, 0.5) is 20.2 Å². The Bertz CT molecular complexity index is 606. The van der Waals surface area contributed by atoms with Gasteiger partial charge >= 0.3 is 0 Å². The van der Waals surface area contributed by atoms with Crippen LogP contribution in [0.15, 0.2) is 36.4 Å². The topological polar surface area (TPSA) is 55.1 Å². The second kappa shape index (κ2) is 5.88. The number of rotatable bonds is 3. The molecule has 104 valence electrons. The Balaban J connectivity index is 2.04.